The Morgan fingerprint density at radius 2 is 1.96 bits per heavy atom. The molecule has 2 aromatic carbocycles. The first-order valence-corrected chi connectivity index (χ1v) is 17.8. The van der Waals surface area contributed by atoms with Crippen LogP contribution in [-0.4, -0.2) is 68.2 Å². The Bertz CT molecular complexity index is 1930. The minimum atomic E-state index is -0.300. The van der Waals surface area contributed by atoms with Crippen molar-refractivity contribution in [1.29, 1.82) is 0 Å². The monoisotopic (exact) mass is 687 g/mol. The summed E-state index contributed by atoms with van der Waals surface area (Å²) in [6.45, 7) is 9.22. The van der Waals surface area contributed by atoms with E-state index in [1.165, 1.54) is 28.1 Å². The third-order valence-electron chi connectivity index (χ3n) is 9.43. The number of likely N-dealkylation sites (tertiary alicyclic amines) is 1. The highest BCUT2D eigenvalue weighted by atomic mass is 35.5. The average Bonchev–Trinajstić information content (AvgIpc) is 3.68. The molecule has 4 heterocycles. The average molecular weight is 688 g/mol. The lowest BCUT2D eigenvalue weighted by atomic mass is 9.95. The number of likely N-dealkylation sites (N-methyl/N-ethyl adjacent to an activating group) is 1. The van der Waals surface area contributed by atoms with Gasteiger partial charge in [0.15, 0.2) is 0 Å². The van der Waals surface area contributed by atoms with Crippen molar-refractivity contribution < 1.29 is 13.9 Å². The molecule has 1 fully saturated rings. The third kappa shape index (κ3) is 6.90. The van der Waals surface area contributed by atoms with Crippen molar-refractivity contribution in [2.24, 2.45) is 5.92 Å². The number of fused-ring (bicyclic) bond motifs is 5. The fourth-order valence-electron chi connectivity index (χ4n) is 6.70. The van der Waals surface area contributed by atoms with E-state index in [0.29, 0.717) is 23.2 Å². The maximum atomic E-state index is 13.5. The summed E-state index contributed by atoms with van der Waals surface area (Å²) in [4.78, 5) is 28.4. The summed E-state index contributed by atoms with van der Waals surface area (Å²) < 4.78 is 21.5. The van der Waals surface area contributed by atoms with Gasteiger partial charge in [0, 0.05) is 42.0 Å². The van der Waals surface area contributed by atoms with Gasteiger partial charge in [-0.25, -0.2) is 14.4 Å². The highest BCUT2D eigenvalue weighted by Crippen LogP contribution is 2.45. The summed E-state index contributed by atoms with van der Waals surface area (Å²) in [7, 11) is 0. The van der Waals surface area contributed by atoms with Gasteiger partial charge >= 0.3 is 0 Å². The van der Waals surface area contributed by atoms with Crippen molar-refractivity contribution in [3.05, 3.63) is 82.6 Å². The van der Waals surface area contributed by atoms with E-state index in [0.717, 1.165) is 91.4 Å². The Balaban J connectivity index is 1.03. The van der Waals surface area contributed by atoms with Gasteiger partial charge in [-0.05, 0) is 86.1 Å². The fourth-order valence-corrected chi connectivity index (χ4v) is 8.16. The standard InChI is InChI=1S/C36H39ClFN7O2S/c1-3-43(4-2)20-32(46)44-14-12-23(13-15-44)18-45-19-28-30(42-45)10-9-27-33-35(39-22-40-36(33)48-34(27)28)41-26-8-11-31(29(37)17-26)47-21-24-6-5-7-25(38)16-24/h5-8,11,16-17,19,22-23H,3-4,9-10,12-15,18,20-21H2,1-2H3,(H,39,40,41). The van der Waals surface area contributed by atoms with Gasteiger partial charge in [-0.1, -0.05) is 37.6 Å². The lowest BCUT2D eigenvalue weighted by Crippen LogP contribution is -2.44. The topological polar surface area (TPSA) is 88.4 Å². The van der Waals surface area contributed by atoms with Gasteiger partial charge in [0.2, 0.25) is 5.91 Å². The van der Waals surface area contributed by atoms with Crippen LogP contribution in [0.15, 0.2) is 55.0 Å². The van der Waals surface area contributed by atoms with Gasteiger partial charge in [-0.2, -0.15) is 5.10 Å². The summed E-state index contributed by atoms with van der Waals surface area (Å²) in [6, 6.07) is 11.8. The van der Waals surface area contributed by atoms with Crippen molar-refractivity contribution in [2.45, 2.75) is 52.7 Å². The maximum Gasteiger partial charge on any atom is 0.236 e. The number of thiophene rings is 1. The molecule has 12 heteroatoms. The number of rotatable bonds is 11. The number of hydrogen-bond donors (Lipinski definition) is 1. The maximum absolute atomic E-state index is 13.5. The predicted octanol–water partition coefficient (Wildman–Crippen LogP) is 7.35. The molecule has 7 rings (SSSR count). The lowest BCUT2D eigenvalue weighted by molar-refractivity contribution is -0.133. The van der Waals surface area contributed by atoms with E-state index in [1.807, 2.05) is 23.1 Å². The summed E-state index contributed by atoms with van der Waals surface area (Å²) >= 11 is 8.27. The second-order valence-corrected chi connectivity index (χ2v) is 13.9. The van der Waals surface area contributed by atoms with Crippen LogP contribution < -0.4 is 10.1 Å². The second-order valence-electron chi connectivity index (χ2n) is 12.5. The van der Waals surface area contributed by atoms with Gasteiger partial charge in [-0.15, -0.1) is 11.3 Å². The molecule has 1 saturated heterocycles. The van der Waals surface area contributed by atoms with Crippen molar-refractivity contribution in [2.75, 3.05) is 38.0 Å². The number of halogens is 2. The third-order valence-corrected chi connectivity index (χ3v) is 10.9. The Morgan fingerprint density at radius 3 is 2.73 bits per heavy atom. The molecule has 0 radical (unpaired) electrons. The van der Waals surface area contributed by atoms with Gasteiger partial charge < -0.3 is 15.0 Å². The Labute approximate surface area is 288 Å². The van der Waals surface area contributed by atoms with E-state index in [1.54, 1.807) is 29.8 Å². The van der Waals surface area contributed by atoms with E-state index < -0.39 is 0 Å². The Morgan fingerprint density at radius 1 is 1.12 bits per heavy atom. The number of hydrogen-bond acceptors (Lipinski definition) is 8. The number of nitrogens with zero attached hydrogens (tertiary/aromatic N) is 6. The number of carbonyl (C=O) groups excluding carboxylic acids is 1. The molecule has 1 amide bonds. The first-order valence-electron chi connectivity index (χ1n) is 16.7. The first kappa shape index (κ1) is 32.5. The van der Waals surface area contributed by atoms with E-state index in [2.05, 4.69) is 44.9 Å². The first-order chi connectivity index (χ1) is 23.4. The molecule has 250 valence electrons. The summed E-state index contributed by atoms with van der Waals surface area (Å²) in [6.07, 6.45) is 7.51. The molecule has 0 unspecified atom stereocenters. The molecule has 0 bridgehead atoms. The lowest BCUT2D eigenvalue weighted by Gasteiger charge is -2.33. The van der Waals surface area contributed by atoms with E-state index in [-0.39, 0.29) is 18.3 Å². The van der Waals surface area contributed by atoms with Crippen LogP contribution in [0.3, 0.4) is 0 Å². The zero-order valence-electron chi connectivity index (χ0n) is 27.2. The number of ether oxygens (including phenoxy) is 1. The summed E-state index contributed by atoms with van der Waals surface area (Å²) in [5, 5.41) is 9.95. The Kier molecular flexibility index (Phi) is 9.61. The summed E-state index contributed by atoms with van der Waals surface area (Å²) in [5.41, 5.74) is 5.06. The quantitative estimate of drug-likeness (QED) is 0.155. The van der Waals surface area contributed by atoms with E-state index in [9.17, 15) is 9.18 Å². The summed E-state index contributed by atoms with van der Waals surface area (Å²) in [5.74, 6) is 1.70. The largest absolute Gasteiger partial charge is 0.487 e. The minimum absolute atomic E-state index is 0.216. The van der Waals surface area contributed by atoms with Gasteiger partial charge in [0.1, 0.15) is 35.1 Å². The smallest absolute Gasteiger partial charge is 0.236 e. The van der Waals surface area contributed by atoms with Crippen molar-refractivity contribution in [1.82, 2.24) is 29.5 Å². The second kappa shape index (κ2) is 14.2. The molecule has 9 nitrogen and oxygen atoms in total. The molecule has 1 N–H and O–H groups in total. The van der Waals surface area contributed by atoms with Crippen LogP contribution in [0.5, 0.6) is 5.75 Å². The molecule has 5 aromatic rings. The number of carbonyl (C=O) groups is 1. The zero-order chi connectivity index (χ0) is 33.2. The highest BCUT2D eigenvalue weighted by molar-refractivity contribution is 7.22. The predicted molar refractivity (Wildman–Crippen MR) is 189 cm³/mol. The molecular formula is C36H39ClFN7O2S. The molecule has 3 aromatic heterocycles. The Hall–Kier alpha value is -4.06. The SMILES string of the molecule is CCN(CC)CC(=O)N1CCC(Cn2cc3c(n2)CCc2c-3sc3ncnc(Nc4ccc(OCc5cccc(F)c5)c(Cl)c4)c23)CC1. The van der Waals surface area contributed by atoms with Crippen molar-refractivity contribution in [3.8, 4) is 16.2 Å². The fraction of sp³-hybridized carbons (Fsp3) is 0.389. The van der Waals surface area contributed by atoms with Gasteiger partial charge in [0.25, 0.3) is 0 Å². The number of aromatic nitrogens is 4. The van der Waals surface area contributed by atoms with Crippen LogP contribution in [0.2, 0.25) is 5.02 Å². The number of nitrogens with one attached hydrogen (secondary N) is 1. The van der Waals surface area contributed by atoms with Crippen LogP contribution in [0.1, 0.15) is 43.5 Å². The molecule has 1 aliphatic carbocycles. The van der Waals surface area contributed by atoms with Crippen LogP contribution in [-0.2, 0) is 30.8 Å². The van der Waals surface area contributed by atoms with E-state index in [4.69, 9.17) is 21.4 Å². The molecular weight excluding hydrogens is 649 g/mol. The molecule has 1 aliphatic heterocycles. The van der Waals surface area contributed by atoms with Crippen molar-refractivity contribution in [3.63, 3.8) is 0 Å². The number of benzene rings is 2. The van der Waals surface area contributed by atoms with Gasteiger partial charge in [0.05, 0.1) is 22.6 Å². The van der Waals surface area contributed by atoms with Crippen LogP contribution >= 0.6 is 22.9 Å². The van der Waals surface area contributed by atoms with Crippen LogP contribution in [0.25, 0.3) is 20.7 Å². The van der Waals surface area contributed by atoms with Gasteiger partial charge in [-0.3, -0.25) is 14.4 Å². The number of aryl methyl sites for hydroxylation is 2. The number of amides is 1. The van der Waals surface area contributed by atoms with Crippen LogP contribution in [0, 0.1) is 11.7 Å². The van der Waals surface area contributed by atoms with Crippen molar-refractivity contribution >= 4 is 50.6 Å². The minimum Gasteiger partial charge on any atom is -0.487 e. The molecule has 0 saturated carbocycles. The molecule has 0 atom stereocenters. The molecule has 48 heavy (non-hydrogen) atoms. The molecule has 2 aliphatic rings. The number of anilines is 2. The van der Waals surface area contributed by atoms with Crippen LogP contribution in [0.4, 0.5) is 15.9 Å². The zero-order valence-corrected chi connectivity index (χ0v) is 28.8. The highest BCUT2D eigenvalue weighted by Gasteiger charge is 2.28. The normalized spacial score (nSPS) is 14.7. The molecule has 0 spiro atoms. The number of piperidine rings is 1. The van der Waals surface area contributed by atoms with E-state index >= 15 is 0 Å².